The average Bonchev–Trinajstić information content (AvgIpc) is 2.84. The Morgan fingerprint density at radius 1 is 1.00 bits per heavy atom. The molecule has 180 valence electrons. The van der Waals surface area contributed by atoms with Crippen molar-refractivity contribution in [3.63, 3.8) is 0 Å². The number of urea groups is 1. The fraction of sp³-hybridized carbons (Fsp3) is 0.320. The molecule has 9 heteroatoms. The zero-order valence-corrected chi connectivity index (χ0v) is 19.8. The maximum atomic E-state index is 13.1. The molecule has 3 rings (SSSR count). The molecule has 0 bridgehead atoms. The topological polar surface area (TPSA) is 103 Å². The van der Waals surface area contributed by atoms with Gasteiger partial charge in [-0.15, -0.1) is 0 Å². The van der Waals surface area contributed by atoms with Crippen molar-refractivity contribution in [3.05, 3.63) is 64.9 Å². The first-order valence-electron chi connectivity index (χ1n) is 10.7. The number of hydrogen-bond donors (Lipinski definition) is 1. The number of carbonyl (C=O) groups excluding carboxylic acids is 3. The number of amides is 2. The van der Waals surface area contributed by atoms with Gasteiger partial charge >= 0.3 is 12.0 Å². The molecule has 0 aliphatic carbocycles. The number of nitrogens with one attached hydrogen (secondary N) is 1. The summed E-state index contributed by atoms with van der Waals surface area (Å²) in [6.45, 7) is 3.28. The van der Waals surface area contributed by atoms with Crippen LogP contribution in [0.3, 0.4) is 0 Å². The van der Waals surface area contributed by atoms with Gasteiger partial charge in [0.1, 0.15) is 23.9 Å². The normalized spacial score (nSPS) is 15.5. The van der Waals surface area contributed by atoms with Crippen LogP contribution in [0.2, 0.25) is 0 Å². The minimum Gasteiger partial charge on any atom is -0.497 e. The second-order valence-electron chi connectivity index (χ2n) is 7.54. The molecule has 0 saturated carbocycles. The Bertz CT molecular complexity index is 1090. The predicted octanol–water partition coefficient (Wildman–Crippen LogP) is 3.50. The molecule has 0 fully saturated rings. The van der Waals surface area contributed by atoms with Crippen molar-refractivity contribution in [2.75, 3.05) is 34.5 Å². The molecule has 1 heterocycles. The summed E-state index contributed by atoms with van der Waals surface area (Å²) < 4.78 is 21.9. The molecule has 34 heavy (non-hydrogen) atoms. The van der Waals surface area contributed by atoms with E-state index in [2.05, 4.69) is 5.32 Å². The summed E-state index contributed by atoms with van der Waals surface area (Å²) in [4.78, 5) is 38.7. The Hall–Kier alpha value is -4.01. The highest BCUT2D eigenvalue weighted by Gasteiger charge is 2.37. The average molecular weight is 469 g/mol. The minimum absolute atomic E-state index is 0.0564. The summed E-state index contributed by atoms with van der Waals surface area (Å²) in [7, 11) is 4.59. The fourth-order valence-electron chi connectivity index (χ4n) is 3.57. The van der Waals surface area contributed by atoms with Crippen molar-refractivity contribution >= 4 is 17.8 Å². The summed E-state index contributed by atoms with van der Waals surface area (Å²) in [5.74, 6) is 0.869. The maximum Gasteiger partial charge on any atom is 0.338 e. The summed E-state index contributed by atoms with van der Waals surface area (Å²) in [6, 6.07) is 10.5. The monoisotopic (exact) mass is 468 g/mol. The van der Waals surface area contributed by atoms with E-state index in [0.717, 1.165) is 0 Å². The molecule has 0 aromatic heterocycles. The van der Waals surface area contributed by atoms with E-state index in [4.69, 9.17) is 18.9 Å². The molecular weight excluding hydrogens is 440 g/mol. The third-order valence-corrected chi connectivity index (χ3v) is 5.42. The van der Waals surface area contributed by atoms with Crippen LogP contribution in [0, 0.1) is 0 Å². The van der Waals surface area contributed by atoms with Crippen LogP contribution in [-0.2, 0) is 9.53 Å². The quantitative estimate of drug-likeness (QED) is 0.444. The van der Waals surface area contributed by atoms with Crippen molar-refractivity contribution in [1.29, 1.82) is 0 Å². The number of ketones is 1. The van der Waals surface area contributed by atoms with Crippen molar-refractivity contribution in [2.45, 2.75) is 19.9 Å². The van der Waals surface area contributed by atoms with E-state index in [-0.39, 0.29) is 24.6 Å². The lowest BCUT2D eigenvalue weighted by atomic mass is 9.94. The smallest absolute Gasteiger partial charge is 0.338 e. The predicted molar refractivity (Wildman–Crippen MR) is 124 cm³/mol. The van der Waals surface area contributed by atoms with E-state index in [1.54, 1.807) is 56.4 Å². The van der Waals surface area contributed by atoms with Gasteiger partial charge < -0.3 is 24.3 Å². The van der Waals surface area contributed by atoms with Gasteiger partial charge in [-0.3, -0.25) is 9.69 Å². The van der Waals surface area contributed by atoms with E-state index < -0.39 is 18.0 Å². The van der Waals surface area contributed by atoms with Gasteiger partial charge in [-0.1, -0.05) is 0 Å². The number of ether oxygens (including phenoxy) is 4. The van der Waals surface area contributed by atoms with Crippen LogP contribution in [0.25, 0.3) is 0 Å². The van der Waals surface area contributed by atoms with Gasteiger partial charge in [0.2, 0.25) is 0 Å². The van der Waals surface area contributed by atoms with Gasteiger partial charge in [0.15, 0.2) is 5.78 Å². The molecule has 2 aromatic rings. The van der Waals surface area contributed by atoms with Crippen LogP contribution >= 0.6 is 0 Å². The molecule has 0 spiro atoms. The number of methoxy groups -OCH3 is 2. The third-order valence-electron chi connectivity index (χ3n) is 5.42. The molecule has 2 amide bonds. The van der Waals surface area contributed by atoms with Crippen LogP contribution < -0.4 is 19.5 Å². The highest BCUT2D eigenvalue weighted by atomic mass is 16.5. The van der Waals surface area contributed by atoms with Crippen molar-refractivity contribution in [1.82, 2.24) is 10.2 Å². The van der Waals surface area contributed by atoms with Gasteiger partial charge in [-0.05, 0) is 55.8 Å². The summed E-state index contributed by atoms with van der Waals surface area (Å²) in [5.41, 5.74) is 1.73. The molecule has 2 aromatic carbocycles. The lowest BCUT2D eigenvalue weighted by Crippen LogP contribution is -2.48. The first-order valence-corrected chi connectivity index (χ1v) is 10.7. The number of benzene rings is 2. The molecular formula is C25H28N2O7. The second kappa shape index (κ2) is 10.7. The Kier molecular flexibility index (Phi) is 7.78. The van der Waals surface area contributed by atoms with Gasteiger partial charge in [-0.2, -0.15) is 0 Å². The largest absolute Gasteiger partial charge is 0.497 e. The molecule has 0 saturated heterocycles. The fourth-order valence-corrected chi connectivity index (χ4v) is 3.57. The van der Waals surface area contributed by atoms with Crippen molar-refractivity contribution in [3.8, 4) is 17.2 Å². The van der Waals surface area contributed by atoms with Gasteiger partial charge in [0.25, 0.3) is 0 Å². The SMILES string of the molecule is CCOC(=O)C1=C(COc2ccc(C(C)=O)cc2)N(C)C(=O)NC1c1cc(OC)cc(OC)c1. The second-order valence-corrected chi connectivity index (χ2v) is 7.54. The Labute approximate surface area is 198 Å². The number of carbonyl (C=O) groups is 3. The number of likely N-dealkylation sites (N-methyl/N-ethyl adjacent to an activating group) is 1. The number of rotatable bonds is 9. The van der Waals surface area contributed by atoms with E-state index in [1.165, 1.54) is 26.0 Å². The molecule has 1 aliphatic rings. The van der Waals surface area contributed by atoms with E-state index in [1.807, 2.05) is 0 Å². The number of nitrogens with zero attached hydrogens (tertiary/aromatic N) is 1. The van der Waals surface area contributed by atoms with Crippen LogP contribution in [-0.4, -0.2) is 57.2 Å². The van der Waals surface area contributed by atoms with Crippen LogP contribution in [0.15, 0.2) is 53.7 Å². The highest BCUT2D eigenvalue weighted by molar-refractivity contribution is 5.95. The number of hydrogen-bond acceptors (Lipinski definition) is 7. The molecule has 0 radical (unpaired) electrons. The van der Waals surface area contributed by atoms with E-state index >= 15 is 0 Å². The first-order chi connectivity index (χ1) is 16.3. The first kappa shape index (κ1) is 24.6. The van der Waals surface area contributed by atoms with Crippen LogP contribution in [0.1, 0.15) is 35.8 Å². The van der Waals surface area contributed by atoms with Crippen LogP contribution in [0.5, 0.6) is 17.2 Å². The zero-order valence-electron chi connectivity index (χ0n) is 19.8. The lowest BCUT2D eigenvalue weighted by molar-refractivity contribution is -0.139. The van der Waals surface area contributed by atoms with Crippen LogP contribution in [0.4, 0.5) is 4.79 Å². The van der Waals surface area contributed by atoms with E-state index in [9.17, 15) is 14.4 Å². The van der Waals surface area contributed by atoms with Crippen molar-refractivity contribution in [2.24, 2.45) is 0 Å². The van der Waals surface area contributed by atoms with Gasteiger partial charge in [0.05, 0.1) is 38.1 Å². The lowest BCUT2D eigenvalue weighted by Gasteiger charge is -2.34. The molecule has 1 atom stereocenters. The zero-order chi connectivity index (χ0) is 24.8. The van der Waals surface area contributed by atoms with E-state index in [0.29, 0.717) is 34.1 Å². The standard InChI is InChI=1S/C25H28N2O7/c1-6-33-24(29)22-21(14-34-18-9-7-16(8-10-18)15(2)28)27(3)25(30)26-23(22)17-11-19(31-4)13-20(12-17)32-5/h7-13,23H,6,14H2,1-5H3,(H,26,30). The van der Waals surface area contributed by atoms with Gasteiger partial charge in [-0.25, -0.2) is 9.59 Å². The molecule has 1 N–H and O–H groups in total. The Morgan fingerprint density at radius 2 is 1.62 bits per heavy atom. The third kappa shape index (κ3) is 5.31. The molecule has 1 unspecified atom stereocenters. The number of Topliss-reactive ketones (excluding diaryl/α,β-unsaturated/α-hetero) is 1. The highest BCUT2D eigenvalue weighted by Crippen LogP contribution is 2.35. The molecule has 9 nitrogen and oxygen atoms in total. The van der Waals surface area contributed by atoms with Gasteiger partial charge in [0, 0.05) is 18.7 Å². The minimum atomic E-state index is -0.814. The summed E-state index contributed by atoms with van der Waals surface area (Å²) >= 11 is 0. The van der Waals surface area contributed by atoms with Crippen molar-refractivity contribution < 1.29 is 33.3 Å². The Balaban J connectivity index is 2.04. The maximum absolute atomic E-state index is 13.1. The summed E-state index contributed by atoms with van der Waals surface area (Å²) in [6.07, 6.45) is 0. The molecule has 1 aliphatic heterocycles. The Morgan fingerprint density at radius 3 is 2.15 bits per heavy atom. The number of esters is 1. The summed E-state index contributed by atoms with van der Waals surface area (Å²) in [5, 5.41) is 2.85.